The highest BCUT2D eigenvalue weighted by molar-refractivity contribution is 5.65. The van der Waals surface area contributed by atoms with Crippen LogP contribution in [0.2, 0.25) is 0 Å². The average molecular weight is 1040 g/mol. The molecular formula is C63H78N4O9. The smallest absolute Gasteiger partial charge is 0.497 e. The van der Waals surface area contributed by atoms with Gasteiger partial charge in [-0.15, -0.1) is 0 Å². The second-order valence-electron chi connectivity index (χ2n) is 22.3. The molecule has 2 unspecified atom stereocenters. The van der Waals surface area contributed by atoms with Gasteiger partial charge in [-0.05, 0) is 163 Å². The normalized spacial score (nSPS) is 23.4. The summed E-state index contributed by atoms with van der Waals surface area (Å²) in [4.78, 5) is 13.6. The third-order valence-corrected chi connectivity index (χ3v) is 17.0. The third-order valence-electron chi connectivity index (χ3n) is 17.0. The molecule has 0 radical (unpaired) electrons. The van der Waals surface area contributed by atoms with E-state index in [0.717, 1.165) is 96.8 Å². The fourth-order valence-electron chi connectivity index (χ4n) is 12.3. The van der Waals surface area contributed by atoms with Crippen LogP contribution in [0.15, 0.2) is 109 Å². The molecule has 0 saturated heterocycles. The lowest BCUT2D eigenvalue weighted by Gasteiger charge is -2.38. The molecule has 4 aliphatic rings. The molecule has 4 fully saturated rings. The van der Waals surface area contributed by atoms with Crippen LogP contribution in [0.5, 0.6) is 11.5 Å². The number of hydrogen-bond acceptors (Lipinski definition) is 11. The molecule has 2 aromatic heterocycles. The van der Waals surface area contributed by atoms with E-state index in [1.807, 2.05) is 70.0 Å². The molecule has 76 heavy (non-hydrogen) atoms. The van der Waals surface area contributed by atoms with Crippen LogP contribution in [0, 0.1) is 25.7 Å². The zero-order valence-electron chi connectivity index (χ0n) is 45.0. The first-order valence-corrected chi connectivity index (χ1v) is 28.1. The van der Waals surface area contributed by atoms with Crippen molar-refractivity contribution in [3.63, 3.8) is 0 Å². The lowest BCUT2D eigenvalue weighted by molar-refractivity contribution is -0.128. The Morgan fingerprint density at radius 3 is 1.22 bits per heavy atom. The summed E-state index contributed by atoms with van der Waals surface area (Å²) in [5, 5.41) is 34.7. The van der Waals surface area contributed by atoms with Crippen LogP contribution in [-0.2, 0) is 30.1 Å². The van der Waals surface area contributed by atoms with Gasteiger partial charge in [0.15, 0.2) is 0 Å². The van der Waals surface area contributed by atoms with Gasteiger partial charge >= 0.3 is 6.16 Å². The van der Waals surface area contributed by atoms with Gasteiger partial charge in [0.2, 0.25) is 0 Å². The number of aromatic nitrogens is 4. The molecule has 0 aliphatic heterocycles. The number of carbonyl (C=O) groups is 1. The van der Waals surface area contributed by atoms with Gasteiger partial charge < -0.3 is 38.6 Å². The molecule has 13 nitrogen and oxygen atoms in total. The Morgan fingerprint density at radius 1 is 0.526 bits per heavy atom. The van der Waals surface area contributed by atoms with Crippen molar-refractivity contribution in [2.75, 3.05) is 27.4 Å². The molecule has 4 aromatic carbocycles. The monoisotopic (exact) mass is 1030 g/mol. The van der Waals surface area contributed by atoms with E-state index < -0.39 is 17.4 Å². The molecule has 2 heterocycles. The first-order chi connectivity index (χ1) is 37.0. The van der Waals surface area contributed by atoms with Gasteiger partial charge in [-0.3, -0.25) is 0 Å². The van der Waals surface area contributed by atoms with Gasteiger partial charge in [-0.1, -0.05) is 98.2 Å². The number of hydrogen-bond donors (Lipinski definition) is 2. The molecule has 404 valence electrons. The summed E-state index contributed by atoms with van der Waals surface area (Å²) in [5.41, 5.74) is 7.02. The molecule has 0 spiro atoms. The van der Waals surface area contributed by atoms with Crippen LogP contribution in [0.1, 0.15) is 138 Å². The van der Waals surface area contributed by atoms with Gasteiger partial charge in [0.1, 0.15) is 35.9 Å². The fourth-order valence-corrected chi connectivity index (χ4v) is 12.3. The molecular weight excluding hydrogens is 957 g/mol. The largest absolute Gasteiger partial charge is 0.508 e. The van der Waals surface area contributed by atoms with Crippen molar-refractivity contribution in [3.05, 3.63) is 132 Å². The quantitative estimate of drug-likeness (QED) is 0.0793. The van der Waals surface area contributed by atoms with E-state index >= 15 is 0 Å². The van der Waals surface area contributed by atoms with Crippen molar-refractivity contribution in [1.29, 1.82) is 0 Å². The van der Waals surface area contributed by atoms with E-state index in [0.29, 0.717) is 62.8 Å². The molecule has 4 saturated carbocycles. The zero-order chi connectivity index (χ0) is 52.7. The van der Waals surface area contributed by atoms with Gasteiger partial charge in [-0.25, -0.2) is 14.2 Å². The number of methoxy groups -OCH3 is 2. The van der Waals surface area contributed by atoms with Crippen molar-refractivity contribution in [2.45, 2.75) is 165 Å². The summed E-state index contributed by atoms with van der Waals surface area (Å²) in [6.45, 7) is 4.38. The van der Waals surface area contributed by atoms with Crippen LogP contribution in [-0.4, -0.2) is 87.8 Å². The first-order valence-electron chi connectivity index (χ1n) is 28.1. The minimum atomic E-state index is -1.12. The maximum absolute atomic E-state index is 13.6. The van der Waals surface area contributed by atoms with Crippen LogP contribution < -0.4 is 9.47 Å². The molecule has 2 atom stereocenters. The number of aryl methyl sites for hydroxylation is 2. The van der Waals surface area contributed by atoms with Gasteiger partial charge in [0.25, 0.3) is 0 Å². The first kappa shape index (κ1) is 53.4. The summed E-state index contributed by atoms with van der Waals surface area (Å²) in [6.07, 6.45) is 14.2. The van der Waals surface area contributed by atoms with E-state index in [1.165, 1.54) is 24.0 Å². The summed E-state index contributed by atoms with van der Waals surface area (Å²) in [5.74, 6) is 2.07. The topological polar surface area (TPSA) is 149 Å². The second-order valence-corrected chi connectivity index (χ2v) is 22.3. The highest BCUT2D eigenvalue weighted by Crippen LogP contribution is 2.43. The summed E-state index contributed by atoms with van der Waals surface area (Å²) >= 11 is 0. The van der Waals surface area contributed by atoms with Crippen molar-refractivity contribution in [3.8, 4) is 45.4 Å². The van der Waals surface area contributed by atoms with E-state index in [2.05, 4.69) is 62.4 Å². The van der Waals surface area contributed by atoms with Crippen LogP contribution >= 0.6 is 0 Å². The number of nitrogens with zero attached hydrogens (tertiary/aromatic N) is 4. The van der Waals surface area contributed by atoms with E-state index in [-0.39, 0.29) is 49.5 Å². The number of rotatable bonds is 18. The predicted molar refractivity (Wildman–Crippen MR) is 293 cm³/mol. The van der Waals surface area contributed by atoms with Crippen molar-refractivity contribution in [1.82, 2.24) is 19.6 Å². The Morgan fingerprint density at radius 2 is 0.882 bits per heavy atom. The van der Waals surface area contributed by atoms with Crippen molar-refractivity contribution >= 4 is 6.16 Å². The summed E-state index contributed by atoms with van der Waals surface area (Å²) < 4.78 is 40.4. The van der Waals surface area contributed by atoms with Crippen molar-refractivity contribution in [2.24, 2.45) is 11.8 Å². The Kier molecular flexibility index (Phi) is 17.0. The Hall–Kier alpha value is -5.99. The van der Waals surface area contributed by atoms with Crippen molar-refractivity contribution < 1.29 is 43.4 Å². The van der Waals surface area contributed by atoms with E-state index in [4.69, 9.17) is 38.6 Å². The number of carbonyl (C=O) groups excluding carboxylic acids is 1. The van der Waals surface area contributed by atoms with Crippen LogP contribution in [0.25, 0.3) is 33.9 Å². The predicted octanol–water partition coefficient (Wildman–Crippen LogP) is 13.1. The summed E-state index contributed by atoms with van der Waals surface area (Å²) in [6, 6.07) is 36.5. The van der Waals surface area contributed by atoms with E-state index in [9.17, 15) is 15.0 Å². The Labute approximate surface area is 448 Å². The van der Waals surface area contributed by atoms with Gasteiger partial charge in [0, 0.05) is 11.1 Å². The van der Waals surface area contributed by atoms with Gasteiger partial charge in [-0.2, -0.15) is 10.2 Å². The van der Waals surface area contributed by atoms with Crippen LogP contribution in [0.3, 0.4) is 0 Å². The summed E-state index contributed by atoms with van der Waals surface area (Å²) in [7, 11) is 3.31. The van der Waals surface area contributed by atoms with Gasteiger partial charge in [0.05, 0.1) is 72.8 Å². The molecule has 4 aliphatic carbocycles. The minimum absolute atomic E-state index is 0.0938. The molecule has 0 amide bonds. The molecule has 10 rings (SSSR count). The molecule has 6 aromatic rings. The SMILES string of the molecule is COc1ccc(-n2nc(C3(O)CCC(OC(COC(=O)OCC(OC4CCC(O)(c5cc(-c6ccc(C)cc6)n(-c6ccc(OC)cc6)n5)CC4)C4CCCCC4)C4CCCCC4)CC3)cc2-c2ccc(C)cc2)cc1. The number of benzene rings is 4. The lowest BCUT2D eigenvalue weighted by atomic mass is 9.80. The Balaban J connectivity index is 0.759. The third kappa shape index (κ3) is 12.5. The highest BCUT2D eigenvalue weighted by Gasteiger charge is 2.42. The van der Waals surface area contributed by atoms with Crippen LogP contribution in [0.4, 0.5) is 4.79 Å². The van der Waals surface area contributed by atoms with E-state index in [1.54, 1.807) is 14.2 Å². The standard InChI is InChI=1S/C63H78N4O9/c1-43-15-19-45(20-16-43)55-39-59(64-66(55)49-23-27-51(71-3)28-24-49)62(69)35-31-53(32-36-62)75-57(47-11-7-5-8-12-47)41-73-61(68)74-42-58(48-13-9-6-10-14-48)76-54-33-37-63(70,38-34-54)60-40-56(46-21-17-44(2)18-22-46)67(65-60)50-25-29-52(72-4)30-26-50/h15-30,39-40,47-48,53-54,57-58,69-70H,5-14,31-38,41-42H2,1-4H3. The molecule has 0 bridgehead atoms. The molecule has 2 N–H and O–H groups in total. The average Bonchev–Trinajstić information content (AvgIpc) is 4.14. The molecule has 13 heteroatoms. The number of aliphatic hydroxyl groups is 2. The lowest BCUT2D eigenvalue weighted by Crippen LogP contribution is -2.41. The zero-order valence-corrected chi connectivity index (χ0v) is 45.0. The second kappa shape index (κ2) is 24.1. The minimum Gasteiger partial charge on any atom is -0.497 e. The highest BCUT2D eigenvalue weighted by atomic mass is 16.7. The maximum Gasteiger partial charge on any atom is 0.508 e. The Bertz CT molecular complexity index is 2600. The maximum atomic E-state index is 13.6. The number of ether oxygens (including phenoxy) is 6. The fraction of sp³-hybridized carbons (Fsp3) is 0.508.